The highest BCUT2D eigenvalue weighted by molar-refractivity contribution is 6.30. The lowest BCUT2D eigenvalue weighted by atomic mass is 9.68. The van der Waals surface area contributed by atoms with Crippen molar-refractivity contribution in [3.63, 3.8) is 0 Å². The Morgan fingerprint density at radius 3 is 2.91 bits per heavy atom. The van der Waals surface area contributed by atoms with E-state index < -0.39 is 5.97 Å². The van der Waals surface area contributed by atoms with Crippen molar-refractivity contribution in [2.75, 3.05) is 31.7 Å². The normalized spacial score (nSPS) is 26.5. The molecule has 0 bridgehead atoms. The Labute approximate surface area is 206 Å². The first-order valence-corrected chi connectivity index (χ1v) is 12.5. The molecule has 4 atom stereocenters. The van der Waals surface area contributed by atoms with E-state index in [2.05, 4.69) is 23.6 Å². The number of aromatic carboxylic acids is 1. The summed E-state index contributed by atoms with van der Waals surface area (Å²) in [4.78, 5) is 14.2. The summed E-state index contributed by atoms with van der Waals surface area (Å²) in [6.07, 6.45) is 7.32. The number of carboxylic acids is 1. The van der Waals surface area contributed by atoms with Crippen LogP contribution in [-0.4, -0.2) is 44.0 Å². The van der Waals surface area contributed by atoms with Crippen molar-refractivity contribution < 1.29 is 19.4 Å². The van der Waals surface area contributed by atoms with Gasteiger partial charge in [0.2, 0.25) is 0 Å². The maximum atomic E-state index is 11.8. The number of ether oxygens (including phenoxy) is 2. The number of rotatable bonds is 6. The van der Waals surface area contributed by atoms with Crippen LogP contribution in [-0.2, 0) is 16.6 Å². The summed E-state index contributed by atoms with van der Waals surface area (Å²) < 4.78 is 12.1. The molecule has 5 nitrogen and oxygen atoms in total. The fourth-order valence-corrected chi connectivity index (χ4v) is 6.42. The Bertz CT molecular complexity index is 1100. The van der Waals surface area contributed by atoms with Crippen LogP contribution in [0.25, 0.3) is 0 Å². The molecule has 1 spiro atoms. The molecule has 2 aliphatic carbocycles. The van der Waals surface area contributed by atoms with E-state index in [1.165, 1.54) is 11.1 Å². The lowest BCUT2D eigenvalue weighted by Crippen LogP contribution is -2.49. The molecule has 0 amide bonds. The van der Waals surface area contributed by atoms with Crippen LogP contribution in [0.15, 0.2) is 49.1 Å². The van der Waals surface area contributed by atoms with Crippen LogP contribution in [0.3, 0.4) is 0 Å². The summed E-state index contributed by atoms with van der Waals surface area (Å²) in [5.74, 6) is 0.705. The lowest BCUT2D eigenvalue weighted by molar-refractivity contribution is 0.0135. The van der Waals surface area contributed by atoms with E-state index in [-0.39, 0.29) is 17.1 Å². The van der Waals surface area contributed by atoms with Crippen LogP contribution in [0.4, 0.5) is 5.69 Å². The van der Waals surface area contributed by atoms with E-state index in [1.807, 2.05) is 18.2 Å². The maximum absolute atomic E-state index is 11.8. The lowest BCUT2D eigenvalue weighted by Gasteiger charge is -2.46. The molecule has 1 unspecified atom stereocenters. The summed E-state index contributed by atoms with van der Waals surface area (Å²) in [6, 6.07) is 11.5. The standard InChI is InChI=1S/C28H32ClNO4/c1-3-25(33-2)22-9-6-20(22)15-30-16-28(12-4-5-18-13-21(29)8-10-23(18)28)17-34-26-11-7-19(27(31)32)14-24(26)30/h3,7-8,10-11,13-14,20,22,25H,1,4-6,9,12,15-17H2,2H3,(H,31,32)/t20-,22+,25?,28-/m0/s1. The van der Waals surface area contributed by atoms with Crippen molar-refractivity contribution in [3.8, 4) is 5.75 Å². The molecule has 3 aliphatic rings. The Morgan fingerprint density at radius 1 is 1.35 bits per heavy atom. The predicted octanol–water partition coefficient (Wildman–Crippen LogP) is 5.74. The number of nitrogens with zero attached hydrogens (tertiary/aromatic N) is 1. The third-order valence-corrected chi connectivity index (χ3v) is 8.38. The number of carboxylic acid groups (broad SMARTS) is 1. The largest absolute Gasteiger partial charge is 0.490 e. The Balaban J connectivity index is 1.54. The van der Waals surface area contributed by atoms with Gasteiger partial charge in [0.1, 0.15) is 5.75 Å². The van der Waals surface area contributed by atoms with E-state index in [4.69, 9.17) is 21.1 Å². The SMILES string of the molecule is C=CC(OC)[C@@H]1CC[C@H]1CN1C[C@@]2(CCCc3cc(Cl)ccc32)COc2ccc(C(=O)O)cc21. The summed E-state index contributed by atoms with van der Waals surface area (Å²) >= 11 is 6.34. The van der Waals surface area contributed by atoms with Gasteiger partial charge in [-0.3, -0.25) is 0 Å². The fraction of sp³-hybridized carbons (Fsp3) is 0.464. The van der Waals surface area contributed by atoms with Gasteiger partial charge in [-0.1, -0.05) is 23.7 Å². The van der Waals surface area contributed by atoms with Gasteiger partial charge in [0, 0.05) is 30.6 Å². The minimum absolute atomic E-state index is 0.0401. The van der Waals surface area contributed by atoms with Gasteiger partial charge in [-0.15, -0.1) is 6.58 Å². The monoisotopic (exact) mass is 481 g/mol. The quantitative estimate of drug-likeness (QED) is 0.533. The van der Waals surface area contributed by atoms with Crippen molar-refractivity contribution in [3.05, 3.63) is 70.8 Å². The number of halogens is 1. The van der Waals surface area contributed by atoms with E-state index in [9.17, 15) is 9.90 Å². The third kappa shape index (κ3) is 4.09. The highest BCUT2D eigenvalue weighted by Gasteiger charge is 2.44. The van der Waals surface area contributed by atoms with Crippen molar-refractivity contribution in [1.82, 2.24) is 0 Å². The molecule has 0 saturated heterocycles. The van der Waals surface area contributed by atoms with Crippen LogP contribution in [0, 0.1) is 11.8 Å². The molecule has 1 saturated carbocycles. The average Bonchev–Trinajstić information content (AvgIpc) is 2.97. The van der Waals surface area contributed by atoms with Gasteiger partial charge in [0.05, 0.1) is 24.0 Å². The molecule has 0 radical (unpaired) electrons. The van der Waals surface area contributed by atoms with Gasteiger partial charge < -0.3 is 19.5 Å². The zero-order valence-electron chi connectivity index (χ0n) is 19.6. The predicted molar refractivity (Wildman–Crippen MR) is 134 cm³/mol. The molecule has 6 heteroatoms. The molecular formula is C28H32ClNO4. The van der Waals surface area contributed by atoms with E-state index in [1.54, 1.807) is 19.2 Å². The van der Waals surface area contributed by atoms with Crippen molar-refractivity contribution >= 4 is 23.3 Å². The average molecular weight is 482 g/mol. The number of hydrogen-bond donors (Lipinski definition) is 1. The first-order valence-electron chi connectivity index (χ1n) is 12.1. The molecule has 1 N–H and O–H groups in total. The van der Waals surface area contributed by atoms with Gasteiger partial charge in [-0.2, -0.15) is 0 Å². The maximum Gasteiger partial charge on any atom is 0.335 e. The number of aryl methyl sites for hydroxylation is 1. The highest BCUT2D eigenvalue weighted by Crippen LogP contribution is 2.46. The Hall–Kier alpha value is -2.50. The van der Waals surface area contributed by atoms with Gasteiger partial charge in [0.15, 0.2) is 0 Å². The Kier molecular flexibility index (Phi) is 6.34. The van der Waals surface area contributed by atoms with Crippen LogP contribution in [0.1, 0.15) is 47.2 Å². The minimum Gasteiger partial charge on any atom is -0.490 e. The highest BCUT2D eigenvalue weighted by atomic mass is 35.5. The molecule has 2 aromatic rings. The zero-order valence-corrected chi connectivity index (χ0v) is 20.4. The number of fused-ring (bicyclic) bond motifs is 3. The number of hydrogen-bond acceptors (Lipinski definition) is 4. The number of benzene rings is 2. The molecule has 2 aromatic carbocycles. The third-order valence-electron chi connectivity index (χ3n) is 8.14. The number of methoxy groups -OCH3 is 1. The Morgan fingerprint density at radius 2 is 2.21 bits per heavy atom. The molecule has 34 heavy (non-hydrogen) atoms. The first kappa shape index (κ1) is 23.3. The molecule has 1 fully saturated rings. The van der Waals surface area contributed by atoms with Gasteiger partial charge in [-0.05, 0) is 85.4 Å². The van der Waals surface area contributed by atoms with Crippen LogP contribution in [0.5, 0.6) is 5.75 Å². The molecule has 180 valence electrons. The van der Waals surface area contributed by atoms with Crippen LogP contribution >= 0.6 is 11.6 Å². The zero-order chi connectivity index (χ0) is 23.9. The van der Waals surface area contributed by atoms with Crippen molar-refractivity contribution in [1.29, 1.82) is 0 Å². The summed E-state index contributed by atoms with van der Waals surface area (Å²) in [6.45, 7) is 6.15. The first-order chi connectivity index (χ1) is 16.4. The molecule has 0 aromatic heterocycles. The van der Waals surface area contributed by atoms with Gasteiger partial charge >= 0.3 is 5.97 Å². The van der Waals surface area contributed by atoms with Crippen LogP contribution < -0.4 is 9.64 Å². The number of anilines is 1. The topological polar surface area (TPSA) is 59.0 Å². The summed E-state index contributed by atoms with van der Waals surface area (Å²) in [7, 11) is 1.75. The minimum atomic E-state index is -0.924. The van der Waals surface area contributed by atoms with E-state index in [0.717, 1.165) is 61.7 Å². The molecule has 1 heterocycles. The van der Waals surface area contributed by atoms with Crippen LogP contribution in [0.2, 0.25) is 5.02 Å². The fourth-order valence-electron chi connectivity index (χ4n) is 6.23. The van der Waals surface area contributed by atoms with E-state index in [0.29, 0.717) is 18.4 Å². The van der Waals surface area contributed by atoms with Gasteiger partial charge in [0.25, 0.3) is 0 Å². The summed E-state index contributed by atoms with van der Waals surface area (Å²) in [5, 5.41) is 10.4. The number of carbonyl (C=O) groups is 1. The summed E-state index contributed by atoms with van der Waals surface area (Å²) in [5.41, 5.74) is 3.60. The van der Waals surface area contributed by atoms with E-state index >= 15 is 0 Å². The smallest absolute Gasteiger partial charge is 0.335 e. The second kappa shape index (κ2) is 9.27. The van der Waals surface area contributed by atoms with Crippen molar-refractivity contribution in [2.24, 2.45) is 11.8 Å². The second-order valence-electron chi connectivity index (χ2n) is 10.0. The molecular weight excluding hydrogens is 450 g/mol. The van der Waals surface area contributed by atoms with Crippen molar-refractivity contribution in [2.45, 2.75) is 43.6 Å². The molecule has 5 rings (SSSR count). The molecule has 1 aliphatic heterocycles. The second-order valence-corrected chi connectivity index (χ2v) is 10.5. The van der Waals surface area contributed by atoms with Gasteiger partial charge in [-0.25, -0.2) is 4.79 Å².